The van der Waals surface area contributed by atoms with Crippen molar-refractivity contribution < 1.29 is 14.7 Å². The molecule has 0 aliphatic carbocycles. The molecule has 1 aliphatic rings. The molecular formula is C13H16N2O3. The molecule has 1 unspecified atom stereocenters. The van der Waals surface area contributed by atoms with Crippen LogP contribution in [0, 0.1) is 5.92 Å². The van der Waals surface area contributed by atoms with E-state index < -0.39 is 5.97 Å². The lowest BCUT2D eigenvalue weighted by atomic mass is 10.1. The second-order valence-electron chi connectivity index (χ2n) is 4.43. The highest BCUT2D eigenvalue weighted by atomic mass is 16.4. The van der Waals surface area contributed by atoms with Gasteiger partial charge in [0.2, 0.25) is 5.91 Å². The second kappa shape index (κ2) is 4.68. The maximum atomic E-state index is 11.9. The Kier molecular flexibility index (Phi) is 3.23. The Morgan fingerprint density at radius 2 is 2.28 bits per heavy atom. The molecular weight excluding hydrogens is 232 g/mol. The predicted molar refractivity (Wildman–Crippen MR) is 69.1 cm³/mol. The lowest BCUT2D eigenvalue weighted by molar-refractivity contribution is -0.119. The molecule has 18 heavy (non-hydrogen) atoms. The van der Waals surface area contributed by atoms with Gasteiger partial charge in [-0.05, 0) is 19.1 Å². The first kappa shape index (κ1) is 12.4. The summed E-state index contributed by atoms with van der Waals surface area (Å²) in [7, 11) is 0. The smallest absolute Gasteiger partial charge is 0.337 e. The van der Waals surface area contributed by atoms with E-state index in [-0.39, 0.29) is 17.4 Å². The number of fused-ring (bicyclic) bond motifs is 1. The van der Waals surface area contributed by atoms with Gasteiger partial charge in [-0.2, -0.15) is 0 Å². The standard InChI is InChI=1S/C13H16N2O3/c1-3-15-7-8(2)12(16)14-11-9(13(17)18)5-4-6-10(11)15/h4-6,8H,3,7H2,1-2H3,(H,14,16)(H,17,18). The number of hydrogen-bond acceptors (Lipinski definition) is 3. The Morgan fingerprint density at radius 1 is 1.56 bits per heavy atom. The van der Waals surface area contributed by atoms with E-state index in [2.05, 4.69) is 5.32 Å². The van der Waals surface area contributed by atoms with Crippen molar-refractivity contribution in [1.29, 1.82) is 0 Å². The molecule has 1 aromatic carbocycles. The van der Waals surface area contributed by atoms with E-state index >= 15 is 0 Å². The summed E-state index contributed by atoms with van der Waals surface area (Å²) < 4.78 is 0. The van der Waals surface area contributed by atoms with E-state index in [1.165, 1.54) is 6.07 Å². The summed E-state index contributed by atoms with van der Waals surface area (Å²) in [5.41, 5.74) is 1.31. The first-order valence-corrected chi connectivity index (χ1v) is 5.96. The number of rotatable bonds is 2. The fourth-order valence-corrected chi connectivity index (χ4v) is 2.17. The van der Waals surface area contributed by atoms with Crippen LogP contribution in [0.4, 0.5) is 11.4 Å². The average molecular weight is 248 g/mol. The van der Waals surface area contributed by atoms with E-state index in [9.17, 15) is 14.7 Å². The molecule has 5 nitrogen and oxygen atoms in total. The van der Waals surface area contributed by atoms with E-state index in [1.807, 2.05) is 24.8 Å². The van der Waals surface area contributed by atoms with Gasteiger partial charge in [-0.3, -0.25) is 4.79 Å². The lowest BCUT2D eigenvalue weighted by Crippen LogP contribution is -2.30. The van der Waals surface area contributed by atoms with Crippen LogP contribution in [0.1, 0.15) is 24.2 Å². The van der Waals surface area contributed by atoms with Crippen LogP contribution in [0.2, 0.25) is 0 Å². The van der Waals surface area contributed by atoms with Gasteiger partial charge in [0.1, 0.15) is 0 Å². The summed E-state index contributed by atoms with van der Waals surface area (Å²) in [4.78, 5) is 25.1. The van der Waals surface area contributed by atoms with E-state index in [0.29, 0.717) is 12.2 Å². The fourth-order valence-electron chi connectivity index (χ4n) is 2.17. The van der Waals surface area contributed by atoms with Gasteiger partial charge in [0.25, 0.3) is 0 Å². The van der Waals surface area contributed by atoms with Gasteiger partial charge < -0.3 is 15.3 Å². The number of carboxylic acids is 1. The van der Waals surface area contributed by atoms with Gasteiger partial charge in [0.15, 0.2) is 0 Å². The molecule has 0 radical (unpaired) electrons. The Morgan fingerprint density at radius 3 is 2.89 bits per heavy atom. The summed E-state index contributed by atoms with van der Waals surface area (Å²) >= 11 is 0. The molecule has 0 spiro atoms. The van der Waals surface area contributed by atoms with Gasteiger partial charge in [0, 0.05) is 13.1 Å². The number of amides is 1. The van der Waals surface area contributed by atoms with Crippen LogP contribution in [-0.2, 0) is 4.79 Å². The van der Waals surface area contributed by atoms with Crippen molar-refractivity contribution >= 4 is 23.3 Å². The van der Waals surface area contributed by atoms with Crippen molar-refractivity contribution in [3.63, 3.8) is 0 Å². The maximum Gasteiger partial charge on any atom is 0.337 e. The number of hydrogen-bond donors (Lipinski definition) is 2. The fraction of sp³-hybridized carbons (Fsp3) is 0.385. The van der Waals surface area contributed by atoms with Crippen molar-refractivity contribution in [2.75, 3.05) is 23.3 Å². The zero-order chi connectivity index (χ0) is 13.3. The van der Waals surface area contributed by atoms with Crippen molar-refractivity contribution in [3.8, 4) is 0 Å². The molecule has 0 saturated carbocycles. The summed E-state index contributed by atoms with van der Waals surface area (Å²) in [6.45, 7) is 5.15. The Labute approximate surface area is 105 Å². The molecule has 0 bridgehead atoms. The van der Waals surface area contributed by atoms with Crippen LogP contribution >= 0.6 is 0 Å². The van der Waals surface area contributed by atoms with E-state index in [4.69, 9.17) is 0 Å². The number of carboxylic acid groups (broad SMARTS) is 1. The van der Waals surface area contributed by atoms with Crippen molar-refractivity contribution in [3.05, 3.63) is 23.8 Å². The summed E-state index contributed by atoms with van der Waals surface area (Å²) in [5, 5.41) is 11.9. The minimum absolute atomic E-state index is 0.133. The highest BCUT2D eigenvalue weighted by Gasteiger charge is 2.27. The summed E-state index contributed by atoms with van der Waals surface area (Å²) in [6, 6.07) is 5.04. The highest BCUT2D eigenvalue weighted by molar-refractivity contribution is 6.06. The van der Waals surface area contributed by atoms with Gasteiger partial charge in [-0.25, -0.2) is 4.79 Å². The second-order valence-corrected chi connectivity index (χ2v) is 4.43. The third-order valence-electron chi connectivity index (χ3n) is 3.19. The van der Waals surface area contributed by atoms with Crippen molar-refractivity contribution in [2.45, 2.75) is 13.8 Å². The minimum atomic E-state index is -1.03. The van der Waals surface area contributed by atoms with Crippen molar-refractivity contribution in [2.24, 2.45) is 5.92 Å². The Hall–Kier alpha value is -2.04. The zero-order valence-corrected chi connectivity index (χ0v) is 10.4. The molecule has 1 heterocycles. The van der Waals surface area contributed by atoms with Gasteiger partial charge in [0.05, 0.1) is 22.9 Å². The molecule has 1 aromatic rings. The molecule has 1 atom stereocenters. The van der Waals surface area contributed by atoms with Crippen molar-refractivity contribution in [1.82, 2.24) is 0 Å². The third-order valence-corrected chi connectivity index (χ3v) is 3.19. The average Bonchev–Trinajstić information content (AvgIpc) is 2.46. The summed E-state index contributed by atoms with van der Waals surface area (Å²) in [5.74, 6) is -1.34. The topological polar surface area (TPSA) is 69.6 Å². The number of anilines is 2. The lowest BCUT2D eigenvalue weighted by Gasteiger charge is -2.24. The minimum Gasteiger partial charge on any atom is -0.478 e. The monoisotopic (exact) mass is 248 g/mol. The van der Waals surface area contributed by atoms with Crippen LogP contribution in [0.3, 0.4) is 0 Å². The molecule has 1 amide bonds. The van der Waals surface area contributed by atoms with Gasteiger partial charge in [-0.15, -0.1) is 0 Å². The predicted octanol–water partition coefficient (Wildman–Crippen LogP) is 1.80. The number of para-hydroxylation sites is 1. The number of benzene rings is 1. The van der Waals surface area contributed by atoms with E-state index in [0.717, 1.165) is 12.2 Å². The number of carbonyl (C=O) groups excluding carboxylic acids is 1. The molecule has 1 aliphatic heterocycles. The normalized spacial score (nSPS) is 18.9. The van der Waals surface area contributed by atoms with Gasteiger partial charge in [-0.1, -0.05) is 13.0 Å². The summed E-state index contributed by atoms with van der Waals surface area (Å²) in [6.07, 6.45) is 0. The van der Waals surface area contributed by atoms with Crippen LogP contribution in [-0.4, -0.2) is 30.1 Å². The van der Waals surface area contributed by atoms with E-state index in [1.54, 1.807) is 6.07 Å². The Balaban J connectivity index is 2.58. The Bertz CT molecular complexity index is 499. The molecule has 2 rings (SSSR count). The van der Waals surface area contributed by atoms with Crippen LogP contribution in [0.15, 0.2) is 18.2 Å². The molecule has 5 heteroatoms. The number of aromatic carboxylic acids is 1. The molecule has 0 saturated heterocycles. The largest absolute Gasteiger partial charge is 0.478 e. The van der Waals surface area contributed by atoms with Gasteiger partial charge >= 0.3 is 5.97 Å². The SMILES string of the molecule is CCN1CC(C)C(=O)Nc2c(C(=O)O)cccc21. The quantitative estimate of drug-likeness (QED) is 0.837. The number of carbonyl (C=O) groups is 2. The highest BCUT2D eigenvalue weighted by Crippen LogP contribution is 2.33. The zero-order valence-electron chi connectivity index (χ0n) is 10.4. The molecule has 2 N–H and O–H groups in total. The van der Waals surface area contributed by atoms with Crippen LogP contribution < -0.4 is 10.2 Å². The number of nitrogens with one attached hydrogen (secondary N) is 1. The molecule has 0 fully saturated rings. The number of nitrogens with zero attached hydrogens (tertiary/aromatic N) is 1. The molecule has 96 valence electrons. The third kappa shape index (κ3) is 2.03. The first-order chi connectivity index (χ1) is 8.54. The first-order valence-electron chi connectivity index (χ1n) is 5.96. The maximum absolute atomic E-state index is 11.9. The van der Waals surface area contributed by atoms with Crippen LogP contribution in [0.25, 0.3) is 0 Å². The molecule has 0 aromatic heterocycles. The van der Waals surface area contributed by atoms with Crippen LogP contribution in [0.5, 0.6) is 0 Å².